The maximum absolute atomic E-state index is 12.0. The third-order valence-electron chi connectivity index (χ3n) is 7.51. The van der Waals surface area contributed by atoms with Crippen LogP contribution in [0, 0.1) is 12.8 Å². The number of likely N-dealkylation sites (tertiary alicyclic amines) is 1. The molecule has 0 aliphatic carbocycles. The number of aryl methyl sites for hydroxylation is 1. The Morgan fingerprint density at radius 3 is 2.35 bits per heavy atom. The maximum Gasteiger partial charge on any atom is 0.236 e. The quantitative estimate of drug-likeness (QED) is 0.338. The second kappa shape index (κ2) is 11.1. The first-order valence-electron chi connectivity index (χ1n) is 13.0. The van der Waals surface area contributed by atoms with E-state index >= 15 is 0 Å². The highest BCUT2D eigenvalue weighted by Crippen LogP contribution is 2.36. The predicted octanol–water partition coefficient (Wildman–Crippen LogP) is 5.18. The van der Waals surface area contributed by atoms with E-state index in [4.69, 9.17) is 20.8 Å². The number of oxazole rings is 1. The van der Waals surface area contributed by atoms with Crippen LogP contribution < -0.4 is 9.64 Å². The molecule has 1 aliphatic heterocycles. The molecule has 4 aromatic rings. The van der Waals surface area contributed by atoms with Crippen molar-refractivity contribution in [3.8, 4) is 5.75 Å². The highest BCUT2D eigenvalue weighted by atomic mass is 35.5. The number of nitrogens with one attached hydrogen (secondary N) is 1. The number of nitrogens with zero attached hydrogens (tertiary/aromatic N) is 1. The van der Waals surface area contributed by atoms with Crippen molar-refractivity contribution < 1.29 is 19.2 Å². The van der Waals surface area contributed by atoms with Gasteiger partial charge in [-0.15, -0.1) is 0 Å². The van der Waals surface area contributed by atoms with Crippen molar-refractivity contribution in [1.29, 1.82) is 0 Å². The largest absolute Gasteiger partial charge is 0.484 e. The van der Waals surface area contributed by atoms with Crippen molar-refractivity contribution in [3.63, 3.8) is 0 Å². The lowest BCUT2D eigenvalue weighted by molar-refractivity contribution is -0.923. The summed E-state index contributed by atoms with van der Waals surface area (Å²) in [4.78, 5) is 5.94. The predicted molar refractivity (Wildman–Crippen MR) is 145 cm³/mol. The van der Waals surface area contributed by atoms with E-state index in [1.54, 1.807) is 6.20 Å². The average Bonchev–Trinajstić information content (AvgIpc) is 3.40. The van der Waals surface area contributed by atoms with E-state index in [0.717, 1.165) is 59.2 Å². The molecular weight excluding hydrogens is 484 g/mol. The second-order valence-electron chi connectivity index (χ2n) is 9.98. The fourth-order valence-corrected chi connectivity index (χ4v) is 5.46. The van der Waals surface area contributed by atoms with Crippen LogP contribution >= 0.6 is 11.6 Å². The average molecular weight is 518 g/mol. The van der Waals surface area contributed by atoms with Gasteiger partial charge in [0, 0.05) is 17.4 Å². The molecule has 0 bridgehead atoms. The van der Waals surface area contributed by atoms with Crippen LogP contribution in [0.15, 0.2) is 89.5 Å². The van der Waals surface area contributed by atoms with Crippen LogP contribution in [-0.2, 0) is 12.1 Å². The molecule has 2 heterocycles. The lowest BCUT2D eigenvalue weighted by Crippen LogP contribution is -3.13. The number of rotatable bonds is 8. The van der Waals surface area contributed by atoms with E-state index in [-0.39, 0.29) is 12.0 Å². The van der Waals surface area contributed by atoms with E-state index in [1.165, 1.54) is 4.90 Å². The van der Waals surface area contributed by atoms with Gasteiger partial charge in [0.2, 0.25) is 5.89 Å². The van der Waals surface area contributed by atoms with E-state index in [2.05, 4.69) is 11.9 Å². The minimum absolute atomic E-state index is 0.0977. The standard InChI is InChI=1S/C31H33ClN2O3/c1-3-23-16-17-34(21-29(23)36-26-15-14-22(2)28(32)18-26)20-27-19-33-30(37-27)31(35,24-10-6-4-7-11-24)25-12-8-5-9-13-25/h4-15,18-19,23,29,35H,3,16-17,20-21H2,1-2H3/p+1. The molecule has 3 aromatic carbocycles. The Bertz CT molecular complexity index is 1270. The molecule has 0 amide bonds. The molecule has 0 spiro atoms. The Balaban J connectivity index is 1.35. The third kappa shape index (κ3) is 5.45. The Labute approximate surface area is 223 Å². The van der Waals surface area contributed by atoms with Gasteiger partial charge in [-0.1, -0.05) is 85.3 Å². The van der Waals surface area contributed by atoms with Gasteiger partial charge in [0.05, 0.1) is 12.7 Å². The zero-order chi connectivity index (χ0) is 25.8. The number of ether oxygens (including phenoxy) is 1. The van der Waals surface area contributed by atoms with E-state index < -0.39 is 5.60 Å². The monoisotopic (exact) mass is 517 g/mol. The van der Waals surface area contributed by atoms with Gasteiger partial charge in [0.1, 0.15) is 18.8 Å². The molecule has 3 atom stereocenters. The van der Waals surface area contributed by atoms with Gasteiger partial charge in [0.15, 0.2) is 17.5 Å². The number of quaternary nitrogens is 1. The van der Waals surface area contributed by atoms with E-state index in [1.807, 2.05) is 85.8 Å². The summed E-state index contributed by atoms with van der Waals surface area (Å²) < 4.78 is 12.7. The topological polar surface area (TPSA) is 59.9 Å². The Morgan fingerprint density at radius 1 is 1.05 bits per heavy atom. The van der Waals surface area contributed by atoms with Crippen LogP contribution in [0.25, 0.3) is 0 Å². The van der Waals surface area contributed by atoms with Crippen molar-refractivity contribution in [2.45, 2.75) is 44.9 Å². The van der Waals surface area contributed by atoms with Crippen LogP contribution in [0.4, 0.5) is 0 Å². The van der Waals surface area contributed by atoms with Crippen LogP contribution in [0.2, 0.25) is 5.02 Å². The smallest absolute Gasteiger partial charge is 0.236 e. The molecule has 1 saturated heterocycles. The Kier molecular flexibility index (Phi) is 7.65. The van der Waals surface area contributed by atoms with Crippen molar-refractivity contribution in [2.24, 2.45) is 5.92 Å². The summed E-state index contributed by atoms with van der Waals surface area (Å²) in [5, 5.41) is 12.7. The second-order valence-corrected chi connectivity index (χ2v) is 10.4. The molecule has 1 aliphatic rings. The van der Waals surface area contributed by atoms with Gasteiger partial charge in [-0.3, -0.25) is 0 Å². The summed E-state index contributed by atoms with van der Waals surface area (Å²) in [6, 6.07) is 25.0. The minimum atomic E-state index is -1.47. The summed E-state index contributed by atoms with van der Waals surface area (Å²) >= 11 is 6.34. The number of aromatic nitrogens is 1. The molecular formula is C31H34ClN2O3+. The van der Waals surface area contributed by atoms with Gasteiger partial charge in [-0.05, 0) is 42.2 Å². The molecule has 2 N–H and O–H groups in total. The van der Waals surface area contributed by atoms with Gasteiger partial charge < -0.3 is 19.2 Å². The van der Waals surface area contributed by atoms with Crippen LogP contribution in [0.3, 0.4) is 0 Å². The van der Waals surface area contributed by atoms with Crippen molar-refractivity contribution in [1.82, 2.24) is 4.98 Å². The van der Waals surface area contributed by atoms with E-state index in [0.29, 0.717) is 12.5 Å². The molecule has 0 saturated carbocycles. The first-order valence-corrected chi connectivity index (χ1v) is 13.4. The molecule has 3 unspecified atom stereocenters. The fraction of sp³-hybridized carbons (Fsp3) is 0.323. The van der Waals surface area contributed by atoms with Gasteiger partial charge in [0.25, 0.3) is 0 Å². The van der Waals surface area contributed by atoms with Crippen molar-refractivity contribution >= 4 is 11.6 Å². The molecule has 37 heavy (non-hydrogen) atoms. The molecule has 0 radical (unpaired) electrons. The number of benzene rings is 3. The molecule has 1 fully saturated rings. The number of halogens is 1. The molecule has 6 heteroatoms. The van der Waals surface area contributed by atoms with Gasteiger partial charge in [-0.25, -0.2) is 4.98 Å². The van der Waals surface area contributed by atoms with Crippen molar-refractivity contribution in [2.75, 3.05) is 13.1 Å². The highest BCUT2D eigenvalue weighted by Gasteiger charge is 2.39. The normalized spacial score (nSPS) is 20.1. The lowest BCUT2D eigenvalue weighted by Gasteiger charge is -2.35. The molecule has 5 nitrogen and oxygen atoms in total. The molecule has 192 valence electrons. The Hall–Kier alpha value is -3.12. The van der Waals surface area contributed by atoms with Crippen molar-refractivity contribution in [3.05, 3.63) is 118 Å². The number of hydrogen-bond acceptors (Lipinski definition) is 4. The van der Waals surface area contributed by atoms with E-state index in [9.17, 15) is 5.11 Å². The van der Waals surface area contributed by atoms with Crippen LogP contribution in [0.5, 0.6) is 5.75 Å². The minimum Gasteiger partial charge on any atom is -0.484 e. The zero-order valence-corrected chi connectivity index (χ0v) is 22.1. The summed E-state index contributed by atoms with van der Waals surface area (Å²) in [6.45, 7) is 6.80. The SMILES string of the molecule is CCC1CC[NH+](Cc2cnc(C(O)(c3ccccc3)c3ccccc3)o2)CC1Oc1ccc(C)c(Cl)c1. The summed E-state index contributed by atoms with van der Waals surface area (Å²) in [7, 11) is 0. The lowest BCUT2D eigenvalue weighted by atomic mass is 9.86. The van der Waals surface area contributed by atoms with Gasteiger partial charge >= 0.3 is 0 Å². The highest BCUT2D eigenvalue weighted by molar-refractivity contribution is 6.31. The maximum atomic E-state index is 12.0. The summed E-state index contributed by atoms with van der Waals surface area (Å²) in [6.07, 6.45) is 4.00. The molecule has 5 rings (SSSR count). The summed E-state index contributed by atoms with van der Waals surface area (Å²) in [5.74, 6) is 2.35. The number of piperidine rings is 1. The molecule has 1 aromatic heterocycles. The first kappa shape index (κ1) is 25.5. The Morgan fingerprint density at radius 2 is 1.73 bits per heavy atom. The third-order valence-corrected chi connectivity index (χ3v) is 7.92. The number of aliphatic hydroxyl groups is 1. The van der Waals surface area contributed by atoms with Gasteiger partial charge in [-0.2, -0.15) is 0 Å². The van der Waals surface area contributed by atoms with Crippen LogP contribution in [-0.4, -0.2) is 29.3 Å². The summed E-state index contributed by atoms with van der Waals surface area (Å²) in [5.41, 5.74) is 1.01. The first-order chi connectivity index (χ1) is 18.0. The zero-order valence-electron chi connectivity index (χ0n) is 21.4. The number of hydrogen-bond donors (Lipinski definition) is 2. The fourth-order valence-electron chi connectivity index (χ4n) is 5.29. The van der Waals surface area contributed by atoms with Crippen LogP contribution in [0.1, 0.15) is 48.1 Å².